The van der Waals surface area contributed by atoms with Crippen LogP contribution >= 0.6 is 33.9 Å². The lowest BCUT2D eigenvalue weighted by atomic mass is 9.95. The van der Waals surface area contributed by atoms with Crippen LogP contribution in [0.3, 0.4) is 0 Å². The highest BCUT2D eigenvalue weighted by Gasteiger charge is 2.30. The number of likely N-dealkylation sites (N-methyl/N-ethyl adjacent to an activating group) is 1. The fourth-order valence-corrected chi connectivity index (χ4v) is 8.67. The van der Waals surface area contributed by atoms with Gasteiger partial charge in [-0.1, -0.05) is 36.4 Å². The van der Waals surface area contributed by atoms with E-state index in [0.717, 1.165) is 78.5 Å². The summed E-state index contributed by atoms with van der Waals surface area (Å²) in [5.41, 5.74) is 6.51. The average molecular weight is 905 g/mol. The van der Waals surface area contributed by atoms with Crippen LogP contribution in [0.15, 0.2) is 72.8 Å². The zero-order valence-corrected chi connectivity index (χ0v) is 35.4. The molecule has 2 aliphatic rings. The van der Waals surface area contributed by atoms with Crippen LogP contribution in [0.25, 0.3) is 0 Å². The van der Waals surface area contributed by atoms with Crippen LogP contribution in [0.5, 0.6) is 0 Å². The Kier molecular flexibility index (Phi) is 14.9. The molecule has 6 rings (SSSR count). The SMILES string of the molecule is COC(=O)c1ccc(CCc2ccc(NC(=O)c3c(NC(=O)c4cccc(CN(CCN(C)C(=O)CCC(=O)OCI)C5CC5)c4)sc4c3CCCC4)cc2)cc1. The molecule has 1 aromatic heterocycles. The molecule has 1 saturated carbocycles. The number of hydrogen-bond donors (Lipinski definition) is 2. The van der Waals surface area contributed by atoms with Crippen molar-refractivity contribution >= 4 is 74.3 Å². The molecule has 4 aromatic rings. The molecule has 300 valence electrons. The summed E-state index contributed by atoms with van der Waals surface area (Å²) in [6.07, 6.45) is 7.71. The van der Waals surface area contributed by atoms with Gasteiger partial charge in [0.2, 0.25) is 5.91 Å². The van der Waals surface area contributed by atoms with Crippen LogP contribution in [0.1, 0.15) is 96.7 Å². The summed E-state index contributed by atoms with van der Waals surface area (Å²) >= 11 is 3.45. The quantitative estimate of drug-likeness (QED) is 0.0587. The van der Waals surface area contributed by atoms with Crippen molar-refractivity contribution in [1.29, 1.82) is 0 Å². The third kappa shape index (κ3) is 11.7. The maximum absolute atomic E-state index is 13.9. The molecule has 0 bridgehead atoms. The molecule has 2 N–H and O–H groups in total. The summed E-state index contributed by atoms with van der Waals surface area (Å²) in [5.74, 6) is -1.32. The average Bonchev–Trinajstić information content (AvgIpc) is 4.01. The fourth-order valence-electron chi connectivity index (χ4n) is 7.04. The first kappa shape index (κ1) is 42.0. The van der Waals surface area contributed by atoms with E-state index >= 15 is 0 Å². The number of ether oxygens (including phenoxy) is 2. The molecule has 3 aromatic carbocycles. The van der Waals surface area contributed by atoms with Gasteiger partial charge in [0.1, 0.15) is 9.61 Å². The van der Waals surface area contributed by atoms with Gasteiger partial charge >= 0.3 is 11.9 Å². The summed E-state index contributed by atoms with van der Waals surface area (Å²) in [6.45, 7) is 1.85. The number of methoxy groups -OCH3 is 1. The Morgan fingerprint density at radius 3 is 2.19 bits per heavy atom. The van der Waals surface area contributed by atoms with Crippen LogP contribution in [0.4, 0.5) is 10.7 Å². The van der Waals surface area contributed by atoms with Crippen molar-refractivity contribution < 1.29 is 33.4 Å². The lowest BCUT2D eigenvalue weighted by Gasteiger charge is -2.26. The summed E-state index contributed by atoms with van der Waals surface area (Å²) in [4.78, 5) is 68.9. The molecule has 1 heterocycles. The fraction of sp³-hybridized carbons (Fsp3) is 0.386. The predicted octanol–water partition coefficient (Wildman–Crippen LogP) is 7.84. The molecule has 0 atom stereocenters. The van der Waals surface area contributed by atoms with Crippen LogP contribution in [0.2, 0.25) is 0 Å². The third-order valence-corrected chi connectivity index (χ3v) is 12.0. The second kappa shape index (κ2) is 20.2. The number of aryl methyl sites for hydroxylation is 3. The number of nitrogens with one attached hydrogen (secondary N) is 2. The lowest BCUT2D eigenvalue weighted by molar-refractivity contribution is -0.143. The second-order valence-corrected chi connectivity index (χ2v) is 16.3. The van der Waals surface area contributed by atoms with Gasteiger partial charge < -0.3 is 25.0 Å². The van der Waals surface area contributed by atoms with E-state index in [-0.39, 0.29) is 47.1 Å². The monoisotopic (exact) mass is 904 g/mol. The third-order valence-electron chi connectivity index (χ3n) is 10.5. The molecule has 57 heavy (non-hydrogen) atoms. The van der Waals surface area contributed by atoms with Crippen molar-refractivity contribution in [3.05, 3.63) is 117 Å². The van der Waals surface area contributed by atoms with Crippen molar-refractivity contribution in [1.82, 2.24) is 9.80 Å². The van der Waals surface area contributed by atoms with E-state index in [0.29, 0.717) is 53.1 Å². The largest absolute Gasteiger partial charge is 0.465 e. The highest BCUT2D eigenvalue weighted by atomic mass is 127. The number of halogens is 1. The number of carbonyl (C=O) groups excluding carboxylic acids is 5. The van der Waals surface area contributed by atoms with E-state index in [2.05, 4.69) is 15.5 Å². The normalized spacial score (nSPS) is 13.4. The van der Waals surface area contributed by atoms with E-state index < -0.39 is 0 Å². The number of amides is 3. The number of esters is 2. The molecule has 1 fully saturated rings. The molecule has 0 spiro atoms. The van der Waals surface area contributed by atoms with Gasteiger partial charge in [0.15, 0.2) is 0 Å². The highest BCUT2D eigenvalue weighted by Crippen LogP contribution is 2.39. The predicted molar refractivity (Wildman–Crippen MR) is 230 cm³/mol. The minimum absolute atomic E-state index is 0.0715. The number of anilines is 2. The van der Waals surface area contributed by atoms with Crippen LogP contribution < -0.4 is 10.6 Å². The van der Waals surface area contributed by atoms with Crippen LogP contribution in [-0.2, 0) is 51.3 Å². The molecule has 0 saturated heterocycles. The molecular formula is C44H49IN4O7S. The van der Waals surface area contributed by atoms with Crippen LogP contribution in [-0.4, -0.2) is 77.4 Å². The molecule has 3 amide bonds. The number of fused-ring (bicyclic) bond motifs is 1. The van der Waals surface area contributed by atoms with Gasteiger partial charge in [-0.15, -0.1) is 11.3 Å². The van der Waals surface area contributed by atoms with Crippen molar-refractivity contribution in [3.8, 4) is 0 Å². The number of thiophene rings is 1. The molecule has 0 aliphatic heterocycles. The zero-order chi connectivity index (χ0) is 40.3. The molecule has 11 nitrogen and oxygen atoms in total. The van der Waals surface area contributed by atoms with E-state index in [1.54, 1.807) is 30.1 Å². The molecule has 13 heteroatoms. The maximum atomic E-state index is 13.9. The second-order valence-electron chi connectivity index (χ2n) is 14.6. The summed E-state index contributed by atoms with van der Waals surface area (Å²) in [7, 11) is 3.13. The van der Waals surface area contributed by atoms with Gasteiger partial charge in [-0.2, -0.15) is 0 Å². The minimum Gasteiger partial charge on any atom is -0.465 e. The number of rotatable bonds is 18. The van der Waals surface area contributed by atoms with Gasteiger partial charge in [0.05, 0.1) is 24.7 Å². The number of hydrogen-bond acceptors (Lipinski definition) is 9. The molecule has 0 radical (unpaired) electrons. The van der Waals surface area contributed by atoms with E-state index in [4.69, 9.17) is 9.47 Å². The van der Waals surface area contributed by atoms with Gasteiger partial charge in [0, 0.05) is 55.3 Å². The summed E-state index contributed by atoms with van der Waals surface area (Å²) < 4.78 is 9.99. The first-order valence-corrected chi connectivity index (χ1v) is 21.8. The van der Waals surface area contributed by atoms with Gasteiger partial charge in [0.25, 0.3) is 11.8 Å². The first-order chi connectivity index (χ1) is 27.6. The molecular weight excluding hydrogens is 855 g/mol. The Labute approximate surface area is 351 Å². The lowest BCUT2D eigenvalue weighted by Crippen LogP contribution is -2.37. The Morgan fingerprint density at radius 1 is 0.807 bits per heavy atom. The Bertz CT molecular complexity index is 2060. The van der Waals surface area contributed by atoms with E-state index in [1.807, 2.05) is 77.2 Å². The van der Waals surface area contributed by atoms with Crippen LogP contribution in [0, 0.1) is 0 Å². The van der Waals surface area contributed by atoms with E-state index in [1.165, 1.54) is 18.4 Å². The Hall–Kier alpha value is -4.60. The molecule has 2 aliphatic carbocycles. The molecule has 0 unspecified atom stereocenters. The summed E-state index contributed by atoms with van der Waals surface area (Å²) in [6, 6.07) is 23.3. The highest BCUT2D eigenvalue weighted by molar-refractivity contribution is 14.1. The topological polar surface area (TPSA) is 134 Å². The van der Waals surface area contributed by atoms with Crippen molar-refractivity contribution in [2.24, 2.45) is 0 Å². The van der Waals surface area contributed by atoms with Gasteiger partial charge in [-0.25, -0.2) is 4.79 Å². The zero-order valence-electron chi connectivity index (χ0n) is 32.4. The Morgan fingerprint density at radius 2 is 1.51 bits per heavy atom. The number of alkyl halides is 1. The number of carbonyl (C=O) groups is 5. The van der Waals surface area contributed by atoms with Gasteiger partial charge in [-0.3, -0.25) is 24.1 Å². The first-order valence-electron chi connectivity index (χ1n) is 19.4. The van der Waals surface area contributed by atoms with Crippen molar-refractivity contribution in [3.63, 3.8) is 0 Å². The van der Waals surface area contributed by atoms with Crippen molar-refractivity contribution in [2.45, 2.75) is 76.8 Å². The Balaban J connectivity index is 1.07. The number of nitrogens with zero attached hydrogens (tertiary/aromatic N) is 2. The number of benzene rings is 3. The van der Waals surface area contributed by atoms with Crippen molar-refractivity contribution in [2.75, 3.05) is 42.5 Å². The standard InChI is InChI=1S/C44H49IN4O7S/c1-48(38(50)22-23-39(51)56-28-45)24-25-49(35-20-21-35)27-31-6-5-7-33(26-31)41(52)47-43-40(36-8-3-4-9-37(36)57-43)42(53)46-34-18-14-30(15-19-34)11-10-29-12-16-32(17-13-29)44(54)55-2/h5-7,12-19,26,35H,3-4,8-11,20-25,27-28H2,1-2H3,(H,46,53)(H,47,52). The minimum atomic E-state index is -0.370. The summed E-state index contributed by atoms with van der Waals surface area (Å²) in [5, 5.41) is 6.76. The van der Waals surface area contributed by atoms with Gasteiger partial charge in [-0.05, 0) is 133 Å². The van der Waals surface area contributed by atoms with E-state index in [9.17, 15) is 24.0 Å². The maximum Gasteiger partial charge on any atom is 0.337 e. The smallest absolute Gasteiger partial charge is 0.337 e.